The lowest BCUT2D eigenvalue weighted by molar-refractivity contribution is -0.129. The van der Waals surface area contributed by atoms with Crippen LogP contribution in [0.2, 0.25) is 0 Å². The van der Waals surface area contributed by atoms with Crippen molar-refractivity contribution < 1.29 is 9.90 Å². The molecule has 22 heavy (non-hydrogen) atoms. The highest BCUT2D eigenvalue weighted by molar-refractivity contribution is 5.97. The van der Waals surface area contributed by atoms with Gasteiger partial charge in [-0.25, -0.2) is 5.43 Å². The van der Waals surface area contributed by atoms with E-state index in [2.05, 4.69) is 10.5 Å². The number of carbonyl (C=O) groups excluding carboxylic acids is 1. The summed E-state index contributed by atoms with van der Waals surface area (Å²) in [4.78, 5) is 11.8. The van der Waals surface area contributed by atoms with Gasteiger partial charge in [-0.2, -0.15) is 5.10 Å². The Labute approximate surface area is 129 Å². The fourth-order valence-electron chi connectivity index (χ4n) is 1.81. The topological polar surface area (TPSA) is 61.7 Å². The number of hydrogen-bond acceptors (Lipinski definition) is 3. The molecule has 4 heteroatoms. The highest BCUT2D eigenvalue weighted by atomic mass is 16.3. The molecular weight excluding hydrogens is 276 g/mol. The standard InChI is InChI=1S/C18H18N2O2/c1-14(12-13-15-8-4-2-5-9-15)19-20-18(22)17(21)16-10-6-3-7-11-16/h2-13,17,21H,1H3,(H,20,22)/b13-12+,19-14?/t17-/m1/s1. The van der Waals surface area contributed by atoms with Crippen molar-refractivity contribution in [3.05, 3.63) is 77.9 Å². The number of nitrogens with one attached hydrogen (secondary N) is 1. The van der Waals surface area contributed by atoms with Gasteiger partial charge in [0.2, 0.25) is 0 Å². The van der Waals surface area contributed by atoms with Gasteiger partial charge >= 0.3 is 0 Å². The first kappa shape index (κ1) is 15.7. The van der Waals surface area contributed by atoms with E-state index in [4.69, 9.17) is 0 Å². The molecule has 0 radical (unpaired) electrons. The largest absolute Gasteiger partial charge is 0.378 e. The van der Waals surface area contributed by atoms with Crippen LogP contribution in [-0.4, -0.2) is 16.7 Å². The number of aliphatic hydroxyl groups excluding tert-OH is 1. The molecule has 0 aliphatic heterocycles. The number of allylic oxidation sites excluding steroid dienone is 1. The Morgan fingerprint density at radius 3 is 2.32 bits per heavy atom. The lowest BCUT2D eigenvalue weighted by Gasteiger charge is -2.08. The van der Waals surface area contributed by atoms with E-state index in [9.17, 15) is 9.90 Å². The van der Waals surface area contributed by atoms with E-state index in [1.807, 2.05) is 42.5 Å². The Hall–Kier alpha value is -2.72. The van der Waals surface area contributed by atoms with E-state index < -0.39 is 12.0 Å². The molecule has 0 aliphatic carbocycles. The number of benzene rings is 2. The molecule has 2 aromatic carbocycles. The molecule has 1 amide bonds. The van der Waals surface area contributed by atoms with Crippen molar-refractivity contribution in [2.75, 3.05) is 0 Å². The van der Waals surface area contributed by atoms with Crippen LogP contribution in [0.4, 0.5) is 0 Å². The summed E-state index contributed by atoms with van der Waals surface area (Å²) in [5.41, 5.74) is 4.58. The van der Waals surface area contributed by atoms with E-state index >= 15 is 0 Å². The molecule has 0 heterocycles. The van der Waals surface area contributed by atoms with Crippen molar-refractivity contribution in [1.29, 1.82) is 0 Å². The average molecular weight is 294 g/mol. The zero-order valence-electron chi connectivity index (χ0n) is 12.3. The third-order valence-corrected chi connectivity index (χ3v) is 3.02. The Morgan fingerprint density at radius 2 is 1.68 bits per heavy atom. The Balaban J connectivity index is 1.93. The monoisotopic (exact) mass is 294 g/mol. The Morgan fingerprint density at radius 1 is 1.09 bits per heavy atom. The molecule has 4 nitrogen and oxygen atoms in total. The summed E-state index contributed by atoms with van der Waals surface area (Å²) in [7, 11) is 0. The summed E-state index contributed by atoms with van der Waals surface area (Å²) in [6.07, 6.45) is 2.47. The van der Waals surface area contributed by atoms with E-state index in [1.54, 1.807) is 37.3 Å². The average Bonchev–Trinajstić information content (AvgIpc) is 2.58. The minimum absolute atomic E-state index is 0.535. The van der Waals surface area contributed by atoms with Crippen molar-refractivity contribution in [2.24, 2.45) is 5.10 Å². The van der Waals surface area contributed by atoms with Gasteiger partial charge in [-0.3, -0.25) is 4.79 Å². The van der Waals surface area contributed by atoms with Gasteiger partial charge in [-0.05, 0) is 24.1 Å². The number of aliphatic hydroxyl groups is 1. The summed E-state index contributed by atoms with van der Waals surface area (Å²) in [6.45, 7) is 1.77. The van der Waals surface area contributed by atoms with Crippen LogP contribution in [0.1, 0.15) is 24.2 Å². The van der Waals surface area contributed by atoms with Crippen LogP contribution in [0.25, 0.3) is 6.08 Å². The molecule has 0 spiro atoms. The maximum Gasteiger partial charge on any atom is 0.273 e. The molecule has 0 unspecified atom stereocenters. The van der Waals surface area contributed by atoms with E-state index in [-0.39, 0.29) is 0 Å². The molecule has 2 aromatic rings. The van der Waals surface area contributed by atoms with Gasteiger partial charge in [-0.15, -0.1) is 0 Å². The van der Waals surface area contributed by atoms with Gasteiger partial charge in [0.05, 0.1) is 5.71 Å². The maximum atomic E-state index is 11.8. The minimum Gasteiger partial charge on any atom is -0.378 e. The van der Waals surface area contributed by atoms with Gasteiger partial charge < -0.3 is 5.11 Å². The first-order valence-electron chi connectivity index (χ1n) is 6.97. The van der Waals surface area contributed by atoms with Gasteiger partial charge in [0.15, 0.2) is 6.10 Å². The quantitative estimate of drug-likeness (QED) is 0.658. The summed E-state index contributed by atoms with van der Waals surface area (Å²) in [5.74, 6) is -0.557. The molecule has 0 saturated heterocycles. The van der Waals surface area contributed by atoms with Gasteiger partial charge in [0.25, 0.3) is 5.91 Å². The normalized spacial score (nSPS) is 13.1. The molecule has 112 valence electrons. The molecule has 0 saturated carbocycles. The third-order valence-electron chi connectivity index (χ3n) is 3.02. The van der Waals surface area contributed by atoms with Gasteiger partial charge in [0, 0.05) is 0 Å². The molecule has 0 fully saturated rings. The van der Waals surface area contributed by atoms with Crippen LogP contribution in [0.5, 0.6) is 0 Å². The zero-order chi connectivity index (χ0) is 15.8. The minimum atomic E-state index is -1.23. The number of nitrogens with zero attached hydrogens (tertiary/aromatic N) is 1. The highest BCUT2D eigenvalue weighted by Gasteiger charge is 2.15. The number of rotatable bonds is 5. The van der Waals surface area contributed by atoms with Crippen molar-refractivity contribution in [1.82, 2.24) is 5.43 Å². The number of amides is 1. The maximum absolute atomic E-state index is 11.8. The van der Waals surface area contributed by atoms with Crippen LogP contribution in [0.3, 0.4) is 0 Å². The Kier molecular flexibility index (Phi) is 5.63. The third kappa shape index (κ3) is 4.68. The Bertz CT molecular complexity index is 664. The molecule has 2 rings (SSSR count). The van der Waals surface area contributed by atoms with Crippen molar-refractivity contribution in [2.45, 2.75) is 13.0 Å². The number of carbonyl (C=O) groups is 1. The highest BCUT2D eigenvalue weighted by Crippen LogP contribution is 2.11. The van der Waals surface area contributed by atoms with E-state index in [1.165, 1.54) is 0 Å². The van der Waals surface area contributed by atoms with E-state index in [0.29, 0.717) is 11.3 Å². The summed E-state index contributed by atoms with van der Waals surface area (Å²) >= 11 is 0. The fourth-order valence-corrected chi connectivity index (χ4v) is 1.81. The summed E-state index contributed by atoms with van der Waals surface area (Å²) < 4.78 is 0. The first-order valence-corrected chi connectivity index (χ1v) is 6.97. The lowest BCUT2D eigenvalue weighted by atomic mass is 10.1. The van der Waals surface area contributed by atoms with Gasteiger partial charge in [-0.1, -0.05) is 66.7 Å². The van der Waals surface area contributed by atoms with Crippen molar-refractivity contribution in [3.8, 4) is 0 Å². The van der Waals surface area contributed by atoms with Crippen LogP contribution in [0.15, 0.2) is 71.8 Å². The van der Waals surface area contributed by atoms with Crippen LogP contribution < -0.4 is 5.43 Å². The fraction of sp³-hybridized carbons (Fsp3) is 0.111. The molecule has 0 aliphatic rings. The van der Waals surface area contributed by atoms with Crippen molar-refractivity contribution >= 4 is 17.7 Å². The lowest BCUT2D eigenvalue weighted by Crippen LogP contribution is -2.25. The van der Waals surface area contributed by atoms with Crippen LogP contribution in [-0.2, 0) is 4.79 Å². The predicted molar refractivity (Wildman–Crippen MR) is 88.1 cm³/mol. The number of hydrogen-bond donors (Lipinski definition) is 2. The second-order valence-corrected chi connectivity index (χ2v) is 4.79. The van der Waals surface area contributed by atoms with Crippen LogP contribution >= 0.6 is 0 Å². The second kappa shape index (κ2) is 7.90. The molecule has 0 aromatic heterocycles. The van der Waals surface area contributed by atoms with Crippen LogP contribution in [0, 0.1) is 0 Å². The zero-order valence-corrected chi connectivity index (χ0v) is 12.3. The van der Waals surface area contributed by atoms with Gasteiger partial charge in [0.1, 0.15) is 0 Å². The summed E-state index contributed by atoms with van der Waals surface area (Å²) in [5, 5.41) is 13.9. The molecule has 2 N–H and O–H groups in total. The van der Waals surface area contributed by atoms with Crippen molar-refractivity contribution in [3.63, 3.8) is 0 Å². The molecule has 0 bridgehead atoms. The molecule has 1 atom stereocenters. The first-order chi connectivity index (χ1) is 10.7. The second-order valence-electron chi connectivity index (χ2n) is 4.79. The summed E-state index contributed by atoms with van der Waals surface area (Å²) in [6, 6.07) is 18.5. The smallest absolute Gasteiger partial charge is 0.273 e. The molecular formula is C18H18N2O2. The van der Waals surface area contributed by atoms with E-state index in [0.717, 1.165) is 5.56 Å². The SMILES string of the molecule is CC(/C=C/c1ccccc1)=NNC(=O)[C@H](O)c1ccccc1. The number of hydrazone groups is 1. The predicted octanol–water partition coefficient (Wildman–Crippen LogP) is 2.93.